The zero-order chi connectivity index (χ0) is 17.9. The Bertz CT molecular complexity index is 1030. The van der Waals surface area contributed by atoms with Crippen LogP contribution in [0.25, 0.3) is 11.0 Å². The van der Waals surface area contributed by atoms with E-state index in [1.165, 1.54) is 11.9 Å². The fourth-order valence-electron chi connectivity index (χ4n) is 2.79. The van der Waals surface area contributed by atoms with Crippen LogP contribution in [-0.2, 0) is 0 Å². The Balaban J connectivity index is 0.00000210. The van der Waals surface area contributed by atoms with E-state index in [1.54, 1.807) is 0 Å². The molecular weight excluding hydrogens is 383 g/mol. The molecule has 0 amide bonds. The van der Waals surface area contributed by atoms with E-state index in [2.05, 4.69) is 49.9 Å². The normalized spacial score (nSPS) is 11.6. The van der Waals surface area contributed by atoms with E-state index in [-0.39, 0.29) is 18.4 Å². The largest absolute Gasteiger partial charge is 0.363 e. The highest BCUT2D eigenvalue weighted by Crippen LogP contribution is 2.30. The third kappa shape index (κ3) is 4.13. The van der Waals surface area contributed by atoms with E-state index in [9.17, 15) is 0 Å². The first-order valence-corrected chi connectivity index (χ1v) is 8.61. The molecule has 27 heavy (non-hydrogen) atoms. The number of hydrogen-bond acceptors (Lipinski definition) is 5. The number of nitrogens with one attached hydrogen (secondary N) is 3. The molecule has 1 atom stereocenters. The second-order valence-electron chi connectivity index (χ2n) is 5.93. The summed E-state index contributed by atoms with van der Waals surface area (Å²) in [5.74, 6) is 1.36. The van der Waals surface area contributed by atoms with Crippen molar-refractivity contribution in [2.75, 3.05) is 10.6 Å². The average Bonchev–Trinajstić information content (AvgIpc) is 3.06. The predicted octanol–water partition coefficient (Wildman–Crippen LogP) is 5.34. The Hall–Kier alpha value is -2.83. The molecule has 0 radical (unpaired) electrons. The van der Waals surface area contributed by atoms with Gasteiger partial charge in [0.2, 0.25) is 0 Å². The third-order valence-corrected chi connectivity index (χ3v) is 4.33. The minimum absolute atomic E-state index is 0. The number of nitrogens with zero attached hydrogens (tertiary/aromatic N) is 3. The standard InChI is InChI=1S/C19H17ClN6.ClH/c1-12(13-6-3-2-4-7-13)23-17-16-18(22-11-21-17)25-26-19(16)24-15-9-5-8-14(20)10-15;/h2-12H,1H3,(H3,21,22,23,24,25,26);1H/t12-;/m0./s1. The second kappa shape index (κ2) is 8.24. The van der Waals surface area contributed by atoms with Crippen LogP contribution in [0.3, 0.4) is 0 Å². The Morgan fingerprint density at radius 2 is 1.81 bits per heavy atom. The molecule has 0 fully saturated rings. The second-order valence-corrected chi connectivity index (χ2v) is 6.37. The van der Waals surface area contributed by atoms with E-state index < -0.39 is 0 Å². The number of anilines is 3. The van der Waals surface area contributed by atoms with Crippen molar-refractivity contribution < 1.29 is 0 Å². The van der Waals surface area contributed by atoms with Crippen molar-refractivity contribution in [1.82, 2.24) is 20.2 Å². The Kier molecular flexibility index (Phi) is 5.78. The maximum atomic E-state index is 6.07. The van der Waals surface area contributed by atoms with E-state index in [0.717, 1.165) is 11.1 Å². The van der Waals surface area contributed by atoms with Crippen LogP contribution in [0.4, 0.5) is 17.3 Å². The van der Waals surface area contributed by atoms with Crippen molar-refractivity contribution in [2.45, 2.75) is 13.0 Å². The van der Waals surface area contributed by atoms with Gasteiger partial charge < -0.3 is 10.6 Å². The van der Waals surface area contributed by atoms with Gasteiger partial charge in [0.15, 0.2) is 11.5 Å². The molecule has 2 aromatic heterocycles. The van der Waals surface area contributed by atoms with Crippen LogP contribution in [-0.4, -0.2) is 20.2 Å². The molecule has 3 N–H and O–H groups in total. The van der Waals surface area contributed by atoms with Crippen LogP contribution < -0.4 is 10.6 Å². The Morgan fingerprint density at radius 3 is 2.59 bits per heavy atom. The lowest BCUT2D eigenvalue weighted by molar-refractivity contribution is 0.876. The van der Waals surface area contributed by atoms with Gasteiger partial charge in [-0.05, 0) is 30.7 Å². The highest BCUT2D eigenvalue weighted by molar-refractivity contribution is 6.30. The van der Waals surface area contributed by atoms with E-state index in [0.29, 0.717) is 22.3 Å². The number of halogens is 2. The predicted molar refractivity (Wildman–Crippen MR) is 112 cm³/mol. The van der Waals surface area contributed by atoms with E-state index >= 15 is 0 Å². The minimum atomic E-state index is 0. The molecule has 2 heterocycles. The molecule has 2 aromatic carbocycles. The highest BCUT2D eigenvalue weighted by atomic mass is 35.5. The summed E-state index contributed by atoms with van der Waals surface area (Å²) in [6.45, 7) is 2.09. The van der Waals surface area contributed by atoms with E-state index in [1.807, 2.05) is 42.5 Å². The van der Waals surface area contributed by atoms with Gasteiger partial charge in [-0.3, -0.25) is 5.10 Å². The van der Waals surface area contributed by atoms with Crippen LogP contribution in [0, 0.1) is 0 Å². The van der Waals surface area contributed by atoms with Crippen molar-refractivity contribution in [1.29, 1.82) is 0 Å². The lowest BCUT2D eigenvalue weighted by Crippen LogP contribution is -2.08. The molecule has 8 heteroatoms. The minimum Gasteiger partial charge on any atom is -0.363 e. The van der Waals surface area contributed by atoms with Gasteiger partial charge in [0, 0.05) is 16.8 Å². The van der Waals surface area contributed by atoms with Crippen molar-refractivity contribution in [3.05, 3.63) is 71.5 Å². The van der Waals surface area contributed by atoms with E-state index in [4.69, 9.17) is 11.6 Å². The summed E-state index contributed by atoms with van der Waals surface area (Å²) in [4.78, 5) is 8.68. The molecule has 0 bridgehead atoms. The van der Waals surface area contributed by atoms with Crippen molar-refractivity contribution in [3.63, 3.8) is 0 Å². The quantitative estimate of drug-likeness (QED) is 0.421. The molecule has 4 rings (SSSR count). The average molecular weight is 401 g/mol. The molecule has 0 aliphatic carbocycles. The lowest BCUT2D eigenvalue weighted by atomic mass is 10.1. The molecule has 0 spiro atoms. The summed E-state index contributed by atoms with van der Waals surface area (Å²) >= 11 is 6.07. The Morgan fingerprint density at radius 1 is 1.00 bits per heavy atom. The highest BCUT2D eigenvalue weighted by Gasteiger charge is 2.15. The van der Waals surface area contributed by atoms with Gasteiger partial charge in [0.1, 0.15) is 17.5 Å². The van der Waals surface area contributed by atoms with Crippen LogP contribution in [0.15, 0.2) is 60.9 Å². The van der Waals surface area contributed by atoms with Gasteiger partial charge in [-0.15, -0.1) is 12.4 Å². The molecule has 0 aliphatic heterocycles. The number of aromatic amines is 1. The summed E-state index contributed by atoms with van der Waals surface area (Å²) in [5.41, 5.74) is 2.68. The Labute approximate surface area is 167 Å². The zero-order valence-electron chi connectivity index (χ0n) is 14.5. The maximum Gasteiger partial charge on any atom is 0.165 e. The van der Waals surface area contributed by atoms with Gasteiger partial charge in [0.05, 0.1) is 0 Å². The first kappa shape index (κ1) is 18.9. The molecule has 4 aromatic rings. The first-order valence-electron chi connectivity index (χ1n) is 8.24. The number of rotatable bonds is 5. The SMILES string of the molecule is C[C@H](Nc1ncnc2[nH]nc(Nc3cccc(Cl)c3)c12)c1ccccc1.Cl. The van der Waals surface area contributed by atoms with Gasteiger partial charge >= 0.3 is 0 Å². The van der Waals surface area contributed by atoms with Gasteiger partial charge in [-0.2, -0.15) is 5.10 Å². The van der Waals surface area contributed by atoms with Crippen molar-refractivity contribution >= 4 is 52.4 Å². The fourth-order valence-corrected chi connectivity index (χ4v) is 2.98. The molecule has 0 unspecified atom stereocenters. The number of H-pyrrole nitrogens is 1. The number of hydrogen-bond donors (Lipinski definition) is 3. The number of aromatic nitrogens is 4. The van der Waals surface area contributed by atoms with Crippen LogP contribution in [0.1, 0.15) is 18.5 Å². The fraction of sp³-hybridized carbons (Fsp3) is 0.105. The monoisotopic (exact) mass is 400 g/mol. The van der Waals surface area contributed by atoms with Gasteiger partial charge in [-0.1, -0.05) is 48.0 Å². The molecule has 0 aliphatic rings. The lowest BCUT2D eigenvalue weighted by Gasteiger charge is -2.15. The molecule has 0 saturated carbocycles. The van der Waals surface area contributed by atoms with Crippen molar-refractivity contribution in [3.8, 4) is 0 Å². The number of fused-ring (bicyclic) bond motifs is 1. The molecular formula is C19H18Cl2N6. The summed E-state index contributed by atoms with van der Waals surface area (Å²) < 4.78 is 0. The van der Waals surface area contributed by atoms with Crippen molar-refractivity contribution in [2.24, 2.45) is 0 Å². The molecule has 0 saturated heterocycles. The number of benzene rings is 2. The summed E-state index contributed by atoms with van der Waals surface area (Å²) in [6, 6.07) is 17.8. The van der Waals surface area contributed by atoms with Crippen LogP contribution in [0.5, 0.6) is 0 Å². The first-order chi connectivity index (χ1) is 12.7. The molecule has 138 valence electrons. The zero-order valence-corrected chi connectivity index (χ0v) is 16.1. The topological polar surface area (TPSA) is 78.5 Å². The van der Waals surface area contributed by atoms with Gasteiger partial charge in [-0.25, -0.2) is 9.97 Å². The smallest absolute Gasteiger partial charge is 0.165 e. The third-order valence-electron chi connectivity index (χ3n) is 4.10. The summed E-state index contributed by atoms with van der Waals surface area (Å²) in [5, 5.41) is 15.5. The molecule has 6 nitrogen and oxygen atoms in total. The van der Waals surface area contributed by atoms with Crippen LogP contribution >= 0.6 is 24.0 Å². The van der Waals surface area contributed by atoms with Gasteiger partial charge in [0.25, 0.3) is 0 Å². The van der Waals surface area contributed by atoms with Crippen LogP contribution in [0.2, 0.25) is 5.02 Å². The summed E-state index contributed by atoms with van der Waals surface area (Å²) in [7, 11) is 0. The summed E-state index contributed by atoms with van der Waals surface area (Å²) in [6.07, 6.45) is 1.52. The maximum absolute atomic E-state index is 6.07.